The summed E-state index contributed by atoms with van der Waals surface area (Å²) in [5.41, 5.74) is 10.8. The summed E-state index contributed by atoms with van der Waals surface area (Å²) < 4.78 is 0. The van der Waals surface area contributed by atoms with Crippen LogP contribution in [0.5, 0.6) is 0 Å². The average Bonchev–Trinajstić information content (AvgIpc) is 2.81. The van der Waals surface area contributed by atoms with E-state index in [1.165, 1.54) is 33.4 Å². The lowest BCUT2D eigenvalue weighted by atomic mass is 9.81. The molecule has 0 N–H and O–H groups in total. The van der Waals surface area contributed by atoms with Crippen molar-refractivity contribution in [1.82, 2.24) is 0 Å². The summed E-state index contributed by atoms with van der Waals surface area (Å²) in [5, 5.41) is 0. The number of hydrogen-bond donors (Lipinski definition) is 0. The maximum absolute atomic E-state index is 2.46. The minimum atomic E-state index is 0.184. The third kappa shape index (κ3) is 2.92. The summed E-state index contributed by atoms with van der Waals surface area (Å²) in [6, 6.07) is 12.0. The van der Waals surface area contributed by atoms with E-state index in [0.29, 0.717) is 5.92 Å². The lowest BCUT2D eigenvalue weighted by Gasteiger charge is -2.24. The molecule has 1 aliphatic carbocycles. The molecule has 0 spiro atoms. The van der Waals surface area contributed by atoms with E-state index in [1.807, 2.05) is 0 Å². The van der Waals surface area contributed by atoms with Gasteiger partial charge in [0.25, 0.3) is 0 Å². The number of fused-ring (bicyclic) bond motifs is 3. The second kappa shape index (κ2) is 5.48. The Kier molecular flexibility index (Phi) is 3.94. The molecule has 0 bridgehead atoms. The van der Waals surface area contributed by atoms with Crippen LogP contribution in [0.2, 0.25) is 0 Å². The van der Waals surface area contributed by atoms with Crippen molar-refractivity contribution in [1.29, 1.82) is 0 Å². The van der Waals surface area contributed by atoms with Crippen molar-refractivity contribution >= 4 is 0 Å². The van der Waals surface area contributed by atoms with Gasteiger partial charge in [-0.05, 0) is 62.1 Å². The third-order valence-electron chi connectivity index (χ3n) is 5.41. The van der Waals surface area contributed by atoms with E-state index >= 15 is 0 Å². The molecule has 0 heteroatoms. The van der Waals surface area contributed by atoms with Gasteiger partial charge in [0.15, 0.2) is 0 Å². The van der Waals surface area contributed by atoms with Crippen LogP contribution in [0.3, 0.4) is 0 Å². The highest BCUT2D eigenvalue weighted by molar-refractivity contribution is 5.79. The van der Waals surface area contributed by atoms with E-state index in [-0.39, 0.29) is 10.8 Å². The van der Waals surface area contributed by atoms with E-state index in [1.54, 1.807) is 5.56 Å². The van der Waals surface area contributed by atoms with Crippen molar-refractivity contribution in [3.8, 4) is 11.1 Å². The summed E-state index contributed by atoms with van der Waals surface area (Å²) in [6.45, 7) is 18.5. The topological polar surface area (TPSA) is 0 Å². The fourth-order valence-electron chi connectivity index (χ4n) is 3.72. The molecule has 0 unspecified atom stereocenters. The van der Waals surface area contributed by atoms with Crippen LogP contribution in [-0.4, -0.2) is 0 Å². The van der Waals surface area contributed by atoms with Crippen molar-refractivity contribution < 1.29 is 0 Å². The Bertz CT molecular complexity index is 777. The molecule has 0 amide bonds. The number of benzene rings is 2. The average molecular weight is 321 g/mol. The van der Waals surface area contributed by atoms with Gasteiger partial charge in [-0.2, -0.15) is 0 Å². The molecule has 128 valence electrons. The van der Waals surface area contributed by atoms with Crippen molar-refractivity contribution in [3.05, 3.63) is 58.1 Å². The highest BCUT2D eigenvalue weighted by Gasteiger charge is 2.27. The molecule has 3 rings (SSSR count). The normalized spacial score (nSPS) is 14.0. The Hall–Kier alpha value is -1.56. The van der Waals surface area contributed by atoms with Gasteiger partial charge in [-0.1, -0.05) is 85.7 Å². The zero-order valence-corrected chi connectivity index (χ0v) is 16.7. The zero-order valence-electron chi connectivity index (χ0n) is 16.7. The van der Waals surface area contributed by atoms with Crippen molar-refractivity contribution in [2.45, 2.75) is 78.6 Å². The highest BCUT2D eigenvalue weighted by atomic mass is 14.3. The molecule has 1 aliphatic rings. The van der Waals surface area contributed by atoms with Gasteiger partial charge in [-0.25, -0.2) is 0 Å². The van der Waals surface area contributed by atoms with Gasteiger partial charge >= 0.3 is 0 Å². The zero-order chi connectivity index (χ0) is 17.9. The first-order valence-electron chi connectivity index (χ1n) is 9.29. The molecule has 0 aliphatic heterocycles. The monoisotopic (exact) mass is 320 g/mol. The molecular weight excluding hydrogens is 288 g/mol. The van der Waals surface area contributed by atoms with Gasteiger partial charge in [0, 0.05) is 0 Å². The minimum Gasteiger partial charge on any atom is -0.0587 e. The van der Waals surface area contributed by atoms with Gasteiger partial charge in [-0.15, -0.1) is 0 Å². The predicted octanol–water partition coefficient (Wildman–Crippen LogP) is 6.98. The SMILES string of the molecule is CC(C)c1cc(C(C)(C)C)cc2c1Cc1ccc(C(C)(C)C)cc1-2. The third-order valence-corrected chi connectivity index (χ3v) is 5.41. The Morgan fingerprint density at radius 3 is 1.88 bits per heavy atom. The predicted molar refractivity (Wildman–Crippen MR) is 106 cm³/mol. The van der Waals surface area contributed by atoms with Crippen LogP contribution in [0.1, 0.15) is 89.1 Å². The molecule has 0 saturated heterocycles. The van der Waals surface area contributed by atoms with Crippen molar-refractivity contribution in [3.63, 3.8) is 0 Å². The standard InChI is InChI=1S/C24H32/c1-15(2)19-13-18(24(6,7)8)14-22-20-12-17(23(3,4)5)10-9-16(20)11-21(19)22/h9-10,12-15H,11H2,1-8H3. The van der Waals surface area contributed by atoms with E-state index < -0.39 is 0 Å². The van der Waals surface area contributed by atoms with Crippen LogP contribution in [0.15, 0.2) is 30.3 Å². The molecular formula is C24H32. The molecule has 0 radical (unpaired) electrons. The maximum Gasteiger partial charge on any atom is -0.00106 e. The van der Waals surface area contributed by atoms with Crippen LogP contribution in [0, 0.1) is 0 Å². The second-order valence-electron chi connectivity index (χ2n) is 9.79. The Labute approximate surface area is 148 Å². The number of hydrogen-bond acceptors (Lipinski definition) is 0. The fraction of sp³-hybridized carbons (Fsp3) is 0.500. The molecule has 0 saturated carbocycles. The van der Waals surface area contributed by atoms with Crippen LogP contribution in [0.25, 0.3) is 11.1 Å². The van der Waals surface area contributed by atoms with Crippen LogP contribution in [0.4, 0.5) is 0 Å². The Morgan fingerprint density at radius 1 is 0.750 bits per heavy atom. The first kappa shape index (κ1) is 17.3. The van der Waals surface area contributed by atoms with E-state index in [9.17, 15) is 0 Å². The summed E-state index contributed by atoms with van der Waals surface area (Å²) in [6.07, 6.45) is 1.09. The van der Waals surface area contributed by atoms with E-state index in [2.05, 4.69) is 85.7 Å². The van der Waals surface area contributed by atoms with Gasteiger partial charge in [-0.3, -0.25) is 0 Å². The quantitative estimate of drug-likeness (QED) is 0.454. The van der Waals surface area contributed by atoms with Crippen LogP contribution in [-0.2, 0) is 17.3 Å². The first-order chi connectivity index (χ1) is 11.0. The van der Waals surface area contributed by atoms with Gasteiger partial charge < -0.3 is 0 Å². The molecule has 0 atom stereocenters. The van der Waals surface area contributed by atoms with E-state index in [4.69, 9.17) is 0 Å². The minimum absolute atomic E-state index is 0.184. The summed E-state index contributed by atoms with van der Waals surface area (Å²) >= 11 is 0. The number of rotatable bonds is 1. The van der Waals surface area contributed by atoms with Gasteiger partial charge in [0.2, 0.25) is 0 Å². The summed E-state index contributed by atoms with van der Waals surface area (Å²) in [4.78, 5) is 0. The molecule has 0 heterocycles. The fourth-order valence-corrected chi connectivity index (χ4v) is 3.72. The van der Waals surface area contributed by atoms with Crippen molar-refractivity contribution in [2.24, 2.45) is 0 Å². The molecule has 0 fully saturated rings. The second-order valence-corrected chi connectivity index (χ2v) is 9.79. The van der Waals surface area contributed by atoms with Gasteiger partial charge in [0.05, 0.1) is 0 Å². The largest absolute Gasteiger partial charge is 0.0587 e. The summed E-state index contributed by atoms with van der Waals surface area (Å²) in [5.74, 6) is 0.567. The van der Waals surface area contributed by atoms with Gasteiger partial charge in [0.1, 0.15) is 0 Å². The Morgan fingerprint density at radius 2 is 1.33 bits per heavy atom. The molecule has 2 aromatic rings. The lowest BCUT2D eigenvalue weighted by molar-refractivity contribution is 0.588. The van der Waals surface area contributed by atoms with Crippen LogP contribution < -0.4 is 0 Å². The smallest absolute Gasteiger partial charge is 0.00106 e. The molecule has 24 heavy (non-hydrogen) atoms. The molecule has 0 nitrogen and oxygen atoms in total. The highest BCUT2D eigenvalue weighted by Crippen LogP contribution is 2.44. The lowest BCUT2D eigenvalue weighted by Crippen LogP contribution is -2.13. The maximum atomic E-state index is 2.46. The molecule has 0 aromatic heterocycles. The van der Waals surface area contributed by atoms with Crippen LogP contribution >= 0.6 is 0 Å². The van der Waals surface area contributed by atoms with E-state index in [0.717, 1.165) is 6.42 Å². The summed E-state index contributed by atoms with van der Waals surface area (Å²) in [7, 11) is 0. The molecule has 2 aromatic carbocycles. The van der Waals surface area contributed by atoms with Crippen molar-refractivity contribution in [2.75, 3.05) is 0 Å². The Balaban J connectivity index is 2.25. The first-order valence-corrected chi connectivity index (χ1v) is 9.29.